The fourth-order valence-corrected chi connectivity index (χ4v) is 2.57. The number of anilines is 2. The van der Waals surface area contributed by atoms with Crippen LogP contribution in [0.15, 0.2) is 42.5 Å². The van der Waals surface area contributed by atoms with E-state index in [0.717, 1.165) is 5.69 Å². The van der Waals surface area contributed by atoms with Crippen LogP contribution >= 0.6 is 23.2 Å². The summed E-state index contributed by atoms with van der Waals surface area (Å²) in [6, 6.07) is 12.5. The summed E-state index contributed by atoms with van der Waals surface area (Å²) in [5, 5.41) is 7.07. The number of ether oxygens (including phenoxy) is 1. The Bertz CT molecular complexity index is 657. The lowest BCUT2D eigenvalue weighted by Gasteiger charge is -2.12. The molecule has 0 unspecified atom stereocenters. The van der Waals surface area contributed by atoms with Crippen LogP contribution in [0.3, 0.4) is 0 Å². The smallest absolute Gasteiger partial charge is 0.226 e. The molecule has 122 valence electrons. The van der Waals surface area contributed by atoms with E-state index in [9.17, 15) is 4.79 Å². The topological polar surface area (TPSA) is 50.4 Å². The van der Waals surface area contributed by atoms with Gasteiger partial charge in [-0.3, -0.25) is 4.79 Å². The molecule has 0 aromatic heterocycles. The summed E-state index contributed by atoms with van der Waals surface area (Å²) in [6.07, 6.45) is 0.310. The van der Waals surface area contributed by atoms with Gasteiger partial charge in [0.25, 0.3) is 0 Å². The van der Waals surface area contributed by atoms with E-state index < -0.39 is 0 Å². The van der Waals surface area contributed by atoms with Crippen molar-refractivity contribution in [1.29, 1.82) is 0 Å². The van der Waals surface area contributed by atoms with Crippen LogP contribution in [0.2, 0.25) is 10.0 Å². The zero-order valence-corrected chi connectivity index (χ0v) is 14.2. The Hall–Kier alpha value is -1.91. The SMILES string of the molecule is CCOc1ccccc1NC(=O)CCNc1cc(Cl)cc(Cl)c1. The summed E-state index contributed by atoms with van der Waals surface area (Å²) in [5.74, 6) is 0.565. The quantitative estimate of drug-likeness (QED) is 0.749. The van der Waals surface area contributed by atoms with Crippen molar-refractivity contribution in [3.8, 4) is 5.75 Å². The Kier molecular flexibility index (Phi) is 6.56. The molecule has 0 saturated carbocycles. The van der Waals surface area contributed by atoms with Gasteiger partial charge in [-0.15, -0.1) is 0 Å². The first-order valence-corrected chi connectivity index (χ1v) is 8.05. The highest BCUT2D eigenvalue weighted by Gasteiger charge is 2.07. The predicted octanol–water partition coefficient (Wildman–Crippen LogP) is 4.83. The molecule has 23 heavy (non-hydrogen) atoms. The van der Waals surface area contributed by atoms with Gasteiger partial charge in [0.2, 0.25) is 5.91 Å². The Morgan fingerprint density at radius 3 is 2.52 bits per heavy atom. The van der Waals surface area contributed by atoms with Crippen LogP contribution in [-0.2, 0) is 4.79 Å². The largest absolute Gasteiger partial charge is 0.492 e. The second-order valence-electron chi connectivity index (χ2n) is 4.81. The number of benzene rings is 2. The maximum atomic E-state index is 12.0. The predicted molar refractivity (Wildman–Crippen MR) is 95.8 cm³/mol. The standard InChI is InChI=1S/C17H18Cl2N2O2/c1-2-23-16-6-4-3-5-15(16)21-17(22)7-8-20-14-10-12(18)9-13(19)11-14/h3-6,9-11,20H,2,7-8H2,1H3,(H,21,22). The highest BCUT2D eigenvalue weighted by molar-refractivity contribution is 6.35. The Balaban J connectivity index is 1.86. The van der Waals surface area contributed by atoms with Crippen molar-refractivity contribution >= 4 is 40.5 Å². The zero-order chi connectivity index (χ0) is 16.7. The molecule has 0 fully saturated rings. The van der Waals surface area contributed by atoms with Crippen molar-refractivity contribution in [2.24, 2.45) is 0 Å². The molecule has 6 heteroatoms. The van der Waals surface area contributed by atoms with Gasteiger partial charge in [-0.1, -0.05) is 35.3 Å². The number of hydrogen-bond acceptors (Lipinski definition) is 3. The van der Waals surface area contributed by atoms with Gasteiger partial charge in [-0.2, -0.15) is 0 Å². The van der Waals surface area contributed by atoms with E-state index in [-0.39, 0.29) is 5.91 Å². The number of para-hydroxylation sites is 2. The molecule has 0 spiro atoms. The van der Waals surface area contributed by atoms with Crippen molar-refractivity contribution in [3.63, 3.8) is 0 Å². The molecular weight excluding hydrogens is 335 g/mol. The molecule has 0 bridgehead atoms. The second-order valence-corrected chi connectivity index (χ2v) is 5.69. The van der Waals surface area contributed by atoms with Gasteiger partial charge in [0.05, 0.1) is 12.3 Å². The lowest BCUT2D eigenvalue weighted by Crippen LogP contribution is -2.16. The van der Waals surface area contributed by atoms with E-state index in [1.807, 2.05) is 31.2 Å². The Morgan fingerprint density at radius 2 is 1.83 bits per heavy atom. The highest BCUT2D eigenvalue weighted by atomic mass is 35.5. The molecule has 0 aliphatic carbocycles. The van der Waals surface area contributed by atoms with Crippen LogP contribution in [0.1, 0.15) is 13.3 Å². The minimum Gasteiger partial charge on any atom is -0.492 e. The number of rotatable bonds is 7. The molecule has 2 rings (SSSR count). The third-order valence-electron chi connectivity index (χ3n) is 3.00. The lowest BCUT2D eigenvalue weighted by molar-refractivity contribution is -0.116. The van der Waals surface area contributed by atoms with Crippen molar-refractivity contribution in [1.82, 2.24) is 0 Å². The minimum atomic E-state index is -0.0993. The van der Waals surface area contributed by atoms with Gasteiger partial charge < -0.3 is 15.4 Å². The molecule has 1 amide bonds. The molecule has 0 heterocycles. The molecule has 2 N–H and O–H groups in total. The highest BCUT2D eigenvalue weighted by Crippen LogP contribution is 2.24. The molecule has 0 radical (unpaired) electrons. The van der Waals surface area contributed by atoms with Gasteiger partial charge in [0.1, 0.15) is 5.75 Å². The van der Waals surface area contributed by atoms with Crippen LogP contribution in [0.25, 0.3) is 0 Å². The summed E-state index contributed by atoms with van der Waals surface area (Å²) in [7, 11) is 0. The van der Waals surface area contributed by atoms with E-state index in [4.69, 9.17) is 27.9 Å². The molecular formula is C17H18Cl2N2O2. The normalized spacial score (nSPS) is 10.2. The fourth-order valence-electron chi connectivity index (χ4n) is 2.04. The van der Waals surface area contributed by atoms with Crippen LogP contribution in [0, 0.1) is 0 Å². The minimum absolute atomic E-state index is 0.0993. The van der Waals surface area contributed by atoms with Crippen molar-refractivity contribution in [2.45, 2.75) is 13.3 Å². The van der Waals surface area contributed by atoms with E-state index in [0.29, 0.717) is 41.1 Å². The fraction of sp³-hybridized carbons (Fsp3) is 0.235. The van der Waals surface area contributed by atoms with Crippen LogP contribution in [0.4, 0.5) is 11.4 Å². The summed E-state index contributed by atoms with van der Waals surface area (Å²) >= 11 is 11.9. The Morgan fingerprint density at radius 1 is 1.13 bits per heavy atom. The third kappa shape index (κ3) is 5.66. The summed E-state index contributed by atoms with van der Waals surface area (Å²) < 4.78 is 5.48. The van der Waals surface area contributed by atoms with E-state index in [2.05, 4.69) is 10.6 Å². The molecule has 0 atom stereocenters. The van der Waals surface area contributed by atoms with Crippen LogP contribution in [-0.4, -0.2) is 19.1 Å². The monoisotopic (exact) mass is 352 g/mol. The van der Waals surface area contributed by atoms with Gasteiger partial charge in [-0.05, 0) is 37.3 Å². The molecule has 0 aliphatic rings. The van der Waals surface area contributed by atoms with E-state index >= 15 is 0 Å². The summed E-state index contributed by atoms with van der Waals surface area (Å²) in [5.41, 5.74) is 1.45. The molecule has 2 aromatic carbocycles. The third-order valence-corrected chi connectivity index (χ3v) is 3.44. The first-order valence-electron chi connectivity index (χ1n) is 7.30. The first kappa shape index (κ1) is 17.4. The first-order chi connectivity index (χ1) is 11.1. The number of hydrogen-bond donors (Lipinski definition) is 2. The number of nitrogens with one attached hydrogen (secondary N) is 2. The van der Waals surface area contributed by atoms with Crippen molar-refractivity contribution in [3.05, 3.63) is 52.5 Å². The average molecular weight is 353 g/mol. The van der Waals surface area contributed by atoms with Gasteiger partial charge in [0, 0.05) is 28.7 Å². The zero-order valence-electron chi connectivity index (χ0n) is 12.7. The molecule has 0 saturated heterocycles. The molecule has 2 aromatic rings. The number of carbonyl (C=O) groups excluding carboxylic acids is 1. The maximum absolute atomic E-state index is 12.0. The number of carbonyl (C=O) groups is 1. The van der Waals surface area contributed by atoms with Crippen LogP contribution < -0.4 is 15.4 Å². The van der Waals surface area contributed by atoms with E-state index in [1.165, 1.54) is 0 Å². The van der Waals surface area contributed by atoms with Gasteiger partial charge >= 0.3 is 0 Å². The van der Waals surface area contributed by atoms with Crippen molar-refractivity contribution < 1.29 is 9.53 Å². The van der Waals surface area contributed by atoms with Gasteiger partial charge in [-0.25, -0.2) is 0 Å². The van der Waals surface area contributed by atoms with Gasteiger partial charge in [0.15, 0.2) is 0 Å². The second kappa shape index (κ2) is 8.65. The average Bonchev–Trinajstić information content (AvgIpc) is 2.48. The Labute approximate surface area is 145 Å². The lowest BCUT2D eigenvalue weighted by atomic mass is 10.2. The van der Waals surface area contributed by atoms with E-state index in [1.54, 1.807) is 18.2 Å². The van der Waals surface area contributed by atoms with Crippen LogP contribution in [0.5, 0.6) is 5.75 Å². The summed E-state index contributed by atoms with van der Waals surface area (Å²) in [4.78, 5) is 12.0. The molecule has 4 nitrogen and oxygen atoms in total. The summed E-state index contributed by atoms with van der Waals surface area (Å²) in [6.45, 7) is 2.92. The maximum Gasteiger partial charge on any atom is 0.226 e. The van der Waals surface area contributed by atoms with Crippen molar-refractivity contribution in [2.75, 3.05) is 23.8 Å². The number of halogens is 2. The number of amides is 1. The molecule has 0 aliphatic heterocycles.